The van der Waals surface area contributed by atoms with Crippen LogP contribution in [0.5, 0.6) is 5.75 Å². The fourth-order valence-corrected chi connectivity index (χ4v) is 2.47. The average molecular weight is 331 g/mol. The van der Waals surface area contributed by atoms with Gasteiger partial charge in [0, 0.05) is 10.7 Å². The monoisotopic (exact) mass is 330 g/mol. The van der Waals surface area contributed by atoms with E-state index in [4.69, 9.17) is 17.0 Å². The Labute approximate surface area is 142 Å². The summed E-state index contributed by atoms with van der Waals surface area (Å²) in [4.78, 5) is 4.30. The van der Waals surface area contributed by atoms with Crippen molar-refractivity contribution in [3.63, 3.8) is 0 Å². The molecule has 0 saturated carbocycles. The molecule has 4 nitrogen and oxygen atoms in total. The van der Waals surface area contributed by atoms with Crippen LogP contribution in [0.3, 0.4) is 0 Å². The van der Waals surface area contributed by atoms with E-state index in [2.05, 4.69) is 10.3 Å². The lowest BCUT2D eigenvalue weighted by molar-refractivity contribution is -0.268. The maximum absolute atomic E-state index is 12.6. The molecule has 0 atom stereocenters. The van der Waals surface area contributed by atoms with Gasteiger partial charge in [-0.3, -0.25) is 10.4 Å². The Morgan fingerprint density at radius 1 is 1.26 bits per heavy atom. The van der Waals surface area contributed by atoms with Gasteiger partial charge in [0.2, 0.25) is 0 Å². The van der Waals surface area contributed by atoms with E-state index >= 15 is 0 Å². The third kappa shape index (κ3) is 4.23. The third-order valence-electron chi connectivity index (χ3n) is 3.52. The van der Waals surface area contributed by atoms with Crippen LogP contribution in [-0.4, -0.2) is 18.1 Å². The van der Waals surface area contributed by atoms with Gasteiger partial charge in [0.25, 0.3) is 0 Å². The molecule has 1 aliphatic carbocycles. The van der Waals surface area contributed by atoms with Crippen LogP contribution >= 0.6 is 11.6 Å². The molecular weight excluding hydrogens is 310 g/mol. The summed E-state index contributed by atoms with van der Waals surface area (Å²) < 4.78 is 0. The average Bonchev–Trinajstić information content (AvgIpc) is 2.44. The van der Waals surface area contributed by atoms with Crippen molar-refractivity contribution in [2.24, 2.45) is 4.99 Å². The number of hydrogen-bond donors (Lipinski definition) is 2. The molecule has 0 aromatic heterocycles. The fourth-order valence-electron chi connectivity index (χ4n) is 2.31. The number of aryl methyl sites for hydroxylation is 1. The van der Waals surface area contributed by atoms with Crippen LogP contribution in [0.25, 0.3) is 0 Å². The summed E-state index contributed by atoms with van der Waals surface area (Å²) in [6.45, 7) is 8.26. The number of nitrogens with one attached hydrogen (secondary N) is 2. The molecule has 2 rings (SSSR count). The van der Waals surface area contributed by atoms with Crippen LogP contribution in [0.4, 0.5) is 5.69 Å². The van der Waals surface area contributed by atoms with Gasteiger partial charge in [-0.1, -0.05) is 44.2 Å². The number of allylic oxidation sites excluding steroid dienone is 4. The molecule has 0 spiro atoms. The zero-order valence-electron chi connectivity index (χ0n) is 13.8. The highest BCUT2D eigenvalue weighted by Gasteiger charge is 2.16. The molecule has 1 aliphatic rings. The van der Waals surface area contributed by atoms with Crippen molar-refractivity contribution in [1.29, 1.82) is 5.41 Å². The summed E-state index contributed by atoms with van der Waals surface area (Å²) in [5, 5.41) is 24.0. The Morgan fingerprint density at radius 3 is 2.61 bits per heavy atom. The van der Waals surface area contributed by atoms with Crippen LogP contribution < -0.4 is 10.4 Å². The highest BCUT2D eigenvalue weighted by molar-refractivity contribution is 6.52. The van der Waals surface area contributed by atoms with E-state index in [9.17, 15) is 5.11 Å². The molecule has 0 aliphatic heterocycles. The molecule has 0 amide bonds. The van der Waals surface area contributed by atoms with Crippen molar-refractivity contribution in [2.45, 2.75) is 33.1 Å². The van der Waals surface area contributed by atoms with E-state index in [1.165, 1.54) is 0 Å². The van der Waals surface area contributed by atoms with Crippen molar-refractivity contribution < 1.29 is 5.11 Å². The second-order valence-electron chi connectivity index (χ2n) is 6.59. The maximum Gasteiger partial charge on any atom is 0.108 e. The van der Waals surface area contributed by atoms with Gasteiger partial charge in [0.1, 0.15) is 6.67 Å². The molecule has 0 unspecified atom stereocenters. The lowest BCUT2D eigenvalue weighted by atomic mass is 9.85. The molecule has 122 valence electrons. The number of rotatable bonds is 3. The SMILES string of the molecule is Cc1cc(NCN=C2C=C(Cl)C=CC2=N)c([O-])c(C(C)(C)C)c1. The lowest BCUT2D eigenvalue weighted by Gasteiger charge is -2.29. The van der Waals surface area contributed by atoms with E-state index < -0.39 is 0 Å². The van der Waals surface area contributed by atoms with Crippen LogP contribution in [-0.2, 0) is 5.41 Å². The van der Waals surface area contributed by atoms with Gasteiger partial charge in [-0.05, 0) is 47.8 Å². The number of benzene rings is 1. The summed E-state index contributed by atoms with van der Waals surface area (Å²) in [5.74, 6) is -0.00417. The highest BCUT2D eigenvalue weighted by Crippen LogP contribution is 2.35. The van der Waals surface area contributed by atoms with Crippen molar-refractivity contribution in [3.8, 4) is 5.75 Å². The number of halogens is 1. The van der Waals surface area contributed by atoms with E-state index in [1.54, 1.807) is 18.2 Å². The number of nitrogens with zero attached hydrogens (tertiary/aromatic N) is 1. The summed E-state index contributed by atoms with van der Waals surface area (Å²) >= 11 is 5.92. The summed E-state index contributed by atoms with van der Waals surface area (Å²) in [7, 11) is 0. The molecule has 23 heavy (non-hydrogen) atoms. The van der Waals surface area contributed by atoms with Crippen LogP contribution in [0.1, 0.15) is 31.9 Å². The molecule has 5 heteroatoms. The van der Waals surface area contributed by atoms with E-state index in [0.29, 0.717) is 22.1 Å². The number of hydrogen-bond acceptors (Lipinski definition) is 4. The summed E-state index contributed by atoms with van der Waals surface area (Å²) in [6, 6.07) is 3.76. The first-order valence-corrected chi connectivity index (χ1v) is 7.81. The molecule has 0 radical (unpaired) electrons. The first-order chi connectivity index (χ1) is 10.7. The second kappa shape index (κ2) is 6.59. The zero-order valence-corrected chi connectivity index (χ0v) is 14.6. The largest absolute Gasteiger partial charge is 0.871 e. The van der Waals surface area contributed by atoms with Crippen LogP contribution in [0, 0.1) is 12.3 Å². The minimum Gasteiger partial charge on any atom is -0.871 e. The molecule has 0 saturated heterocycles. The van der Waals surface area contributed by atoms with E-state index in [1.807, 2.05) is 39.8 Å². The normalized spacial score (nSPS) is 16.7. The number of anilines is 1. The standard InChI is InChI=1S/C18H22ClN3O/c1-11-7-13(18(2,3)4)17(23)16(8-11)22-10-21-15-9-12(19)5-6-14(15)20/h5-9,20,22-23H,10H2,1-4H3/p-1. The fraction of sp³-hybridized carbons (Fsp3) is 0.333. The van der Waals surface area contributed by atoms with Crippen molar-refractivity contribution in [3.05, 3.63) is 46.5 Å². The first kappa shape index (κ1) is 17.3. The molecule has 0 heterocycles. The molecule has 1 aromatic carbocycles. The molecule has 1 aromatic rings. The van der Waals surface area contributed by atoms with Gasteiger partial charge >= 0.3 is 0 Å². The Balaban J connectivity index is 2.20. The van der Waals surface area contributed by atoms with Crippen molar-refractivity contribution in [1.82, 2.24) is 0 Å². The van der Waals surface area contributed by atoms with E-state index in [-0.39, 0.29) is 17.8 Å². The van der Waals surface area contributed by atoms with Gasteiger partial charge < -0.3 is 10.4 Å². The van der Waals surface area contributed by atoms with Crippen LogP contribution in [0.2, 0.25) is 0 Å². The summed E-state index contributed by atoms with van der Waals surface area (Å²) in [5.41, 5.74) is 2.94. The maximum atomic E-state index is 12.6. The van der Waals surface area contributed by atoms with Gasteiger partial charge in [-0.25, -0.2) is 0 Å². The molecule has 0 fully saturated rings. The van der Waals surface area contributed by atoms with Crippen molar-refractivity contribution in [2.75, 3.05) is 12.0 Å². The Kier molecular flexibility index (Phi) is 4.95. The molecule has 0 bridgehead atoms. The Hall–Kier alpha value is -2.07. The first-order valence-electron chi connectivity index (χ1n) is 7.43. The molecule has 2 N–H and O–H groups in total. The zero-order chi connectivity index (χ0) is 17.2. The smallest absolute Gasteiger partial charge is 0.108 e. The topological polar surface area (TPSA) is 71.3 Å². The minimum atomic E-state index is -0.210. The van der Waals surface area contributed by atoms with Gasteiger partial charge in [0.05, 0.1) is 11.4 Å². The van der Waals surface area contributed by atoms with Crippen molar-refractivity contribution >= 4 is 28.7 Å². The predicted molar refractivity (Wildman–Crippen MR) is 96.1 cm³/mol. The summed E-state index contributed by atoms with van der Waals surface area (Å²) in [6.07, 6.45) is 4.90. The predicted octanol–water partition coefficient (Wildman–Crippen LogP) is 3.89. The lowest BCUT2D eigenvalue weighted by Crippen LogP contribution is -2.17. The molecular formula is C18H21ClN3O-. The highest BCUT2D eigenvalue weighted by atomic mass is 35.5. The van der Waals surface area contributed by atoms with Gasteiger partial charge in [-0.2, -0.15) is 0 Å². The third-order valence-corrected chi connectivity index (χ3v) is 3.76. The van der Waals surface area contributed by atoms with Crippen LogP contribution in [0.15, 0.2) is 40.4 Å². The number of aliphatic imine (C=N–C) groups is 1. The van der Waals surface area contributed by atoms with Gasteiger partial charge in [-0.15, -0.1) is 0 Å². The Morgan fingerprint density at radius 2 is 1.96 bits per heavy atom. The minimum absolute atomic E-state index is 0.00417. The second-order valence-corrected chi connectivity index (χ2v) is 7.03. The van der Waals surface area contributed by atoms with Gasteiger partial charge in [0.15, 0.2) is 0 Å². The Bertz CT molecular complexity index is 725. The quantitative estimate of drug-likeness (QED) is 0.825. The van der Waals surface area contributed by atoms with E-state index in [0.717, 1.165) is 11.1 Å².